The highest BCUT2D eigenvalue weighted by Crippen LogP contribution is 2.37. The van der Waals surface area contributed by atoms with E-state index in [9.17, 15) is 4.79 Å². The van der Waals surface area contributed by atoms with Crippen molar-refractivity contribution in [2.45, 2.75) is 0 Å². The molecule has 1 aliphatic rings. The van der Waals surface area contributed by atoms with Crippen LogP contribution in [-0.2, 0) is 4.79 Å². The zero-order valence-corrected chi connectivity index (χ0v) is 14.8. The Balaban J connectivity index is 1.78. The van der Waals surface area contributed by atoms with Crippen molar-refractivity contribution in [3.05, 3.63) is 76.0 Å². The molecule has 26 heavy (non-hydrogen) atoms. The van der Waals surface area contributed by atoms with E-state index in [0.29, 0.717) is 32.6 Å². The van der Waals surface area contributed by atoms with Gasteiger partial charge in [-0.1, -0.05) is 29.3 Å². The number of rotatable bonds is 3. The Morgan fingerprint density at radius 2 is 1.73 bits per heavy atom. The van der Waals surface area contributed by atoms with E-state index in [1.807, 2.05) is 0 Å². The lowest BCUT2D eigenvalue weighted by molar-refractivity contribution is -0.110. The lowest BCUT2D eigenvalue weighted by atomic mass is 10.0. The third-order valence-corrected chi connectivity index (χ3v) is 4.25. The molecule has 0 radical (unpaired) electrons. The summed E-state index contributed by atoms with van der Waals surface area (Å²) in [6, 6.07) is 12.3. The molecule has 1 aromatic heterocycles. The number of hydrogen-bond donors (Lipinski definition) is 1. The molecule has 0 unspecified atom stereocenters. The van der Waals surface area contributed by atoms with Gasteiger partial charge in [-0.05, 0) is 42.5 Å². The Morgan fingerprint density at radius 1 is 1.00 bits per heavy atom. The molecule has 0 aliphatic carbocycles. The highest BCUT2D eigenvalue weighted by atomic mass is 35.5. The van der Waals surface area contributed by atoms with E-state index in [2.05, 4.69) is 15.3 Å². The van der Waals surface area contributed by atoms with Crippen LogP contribution < -0.4 is 10.1 Å². The van der Waals surface area contributed by atoms with Crippen molar-refractivity contribution < 1.29 is 9.53 Å². The first-order chi connectivity index (χ1) is 12.6. The predicted octanol–water partition coefficient (Wildman–Crippen LogP) is 5.07. The fourth-order valence-electron chi connectivity index (χ4n) is 2.63. The van der Waals surface area contributed by atoms with Crippen LogP contribution in [0.15, 0.2) is 54.9 Å². The Morgan fingerprint density at radius 3 is 2.54 bits per heavy atom. The van der Waals surface area contributed by atoms with Crippen molar-refractivity contribution in [1.29, 1.82) is 0 Å². The molecule has 1 aliphatic heterocycles. The molecule has 5 nitrogen and oxygen atoms in total. The number of aromatic nitrogens is 2. The van der Waals surface area contributed by atoms with Crippen LogP contribution in [0.5, 0.6) is 11.8 Å². The molecule has 0 bridgehead atoms. The zero-order valence-electron chi connectivity index (χ0n) is 13.2. The Hall–Kier alpha value is -2.89. The number of amides is 1. The minimum absolute atomic E-state index is 0.206. The summed E-state index contributed by atoms with van der Waals surface area (Å²) in [5, 5.41) is 3.88. The third-order valence-electron chi connectivity index (χ3n) is 3.78. The van der Waals surface area contributed by atoms with Crippen LogP contribution in [0.1, 0.15) is 11.1 Å². The van der Waals surface area contributed by atoms with Gasteiger partial charge in [0, 0.05) is 39.1 Å². The number of nitrogens with zero attached hydrogens (tertiary/aromatic N) is 2. The maximum atomic E-state index is 12.4. The second kappa shape index (κ2) is 6.78. The number of hydrogen-bond acceptors (Lipinski definition) is 4. The van der Waals surface area contributed by atoms with Crippen molar-refractivity contribution in [3.63, 3.8) is 0 Å². The van der Waals surface area contributed by atoms with E-state index in [0.717, 1.165) is 5.56 Å². The number of carbonyl (C=O) groups is 1. The molecule has 1 amide bonds. The van der Waals surface area contributed by atoms with Crippen molar-refractivity contribution in [2.75, 3.05) is 5.32 Å². The van der Waals surface area contributed by atoms with Gasteiger partial charge in [-0.15, -0.1) is 0 Å². The summed E-state index contributed by atoms with van der Waals surface area (Å²) in [5.74, 6) is 0.271. The quantitative estimate of drug-likeness (QED) is 0.641. The second-order valence-corrected chi connectivity index (χ2v) is 6.39. The highest BCUT2D eigenvalue weighted by Gasteiger charge is 2.24. The van der Waals surface area contributed by atoms with E-state index in [1.165, 1.54) is 0 Å². The summed E-state index contributed by atoms with van der Waals surface area (Å²) in [6.45, 7) is 0. The van der Waals surface area contributed by atoms with E-state index < -0.39 is 0 Å². The summed E-state index contributed by atoms with van der Waals surface area (Å²) in [6.07, 6.45) is 4.89. The standard InChI is InChI=1S/C19H11Cl2N3O2/c20-12-3-5-17(26-19-22-6-1-7-23-19)11(8-12)9-15-14-4-2-13(21)10-16(14)24-18(15)25/h1-10H,(H,24,25). The number of benzene rings is 2. The first kappa shape index (κ1) is 16.6. The molecule has 3 aromatic rings. The minimum atomic E-state index is -0.218. The number of nitrogens with one attached hydrogen (secondary N) is 1. The van der Waals surface area contributed by atoms with Gasteiger partial charge in [-0.3, -0.25) is 4.79 Å². The van der Waals surface area contributed by atoms with Crippen LogP contribution in [0, 0.1) is 0 Å². The van der Waals surface area contributed by atoms with Gasteiger partial charge in [0.25, 0.3) is 5.91 Å². The molecule has 0 saturated carbocycles. The number of ether oxygens (including phenoxy) is 1. The fourth-order valence-corrected chi connectivity index (χ4v) is 2.98. The number of carbonyl (C=O) groups excluding carboxylic acids is 1. The van der Waals surface area contributed by atoms with E-state index in [4.69, 9.17) is 27.9 Å². The van der Waals surface area contributed by atoms with Gasteiger partial charge in [0.1, 0.15) is 5.75 Å². The molecule has 0 fully saturated rings. The molecule has 0 atom stereocenters. The van der Waals surface area contributed by atoms with Crippen LogP contribution in [-0.4, -0.2) is 15.9 Å². The van der Waals surface area contributed by atoms with Gasteiger partial charge in [0.2, 0.25) is 0 Å². The van der Waals surface area contributed by atoms with Gasteiger partial charge in [-0.2, -0.15) is 0 Å². The Bertz CT molecular complexity index is 1040. The number of fused-ring (bicyclic) bond motifs is 1. The average molecular weight is 384 g/mol. The monoisotopic (exact) mass is 383 g/mol. The van der Waals surface area contributed by atoms with Gasteiger partial charge in [0.15, 0.2) is 0 Å². The van der Waals surface area contributed by atoms with Crippen LogP contribution in [0.2, 0.25) is 10.0 Å². The van der Waals surface area contributed by atoms with Crippen molar-refractivity contribution >= 4 is 46.4 Å². The summed E-state index contributed by atoms with van der Waals surface area (Å²) in [7, 11) is 0. The normalized spacial score (nSPS) is 14.2. The summed E-state index contributed by atoms with van der Waals surface area (Å²) in [4.78, 5) is 20.5. The molecular weight excluding hydrogens is 373 g/mol. The van der Waals surface area contributed by atoms with Gasteiger partial charge in [0.05, 0.1) is 5.69 Å². The van der Waals surface area contributed by atoms with Crippen molar-refractivity contribution in [2.24, 2.45) is 0 Å². The summed E-state index contributed by atoms with van der Waals surface area (Å²) in [5.41, 5.74) is 2.57. The maximum absolute atomic E-state index is 12.4. The lowest BCUT2D eigenvalue weighted by Gasteiger charge is -2.08. The van der Waals surface area contributed by atoms with Crippen LogP contribution >= 0.6 is 23.2 Å². The minimum Gasteiger partial charge on any atom is -0.424 e. The molecule has 1 N–H and O–H groups in total. The Kier molecular flexibility index (Phi) is 4.32. The molecule has 4 rings (SSSR count). The molecular formula is C19H11Cl2N3O2. The largest absolute Gasteiger partial charge is 0.424 e. The molecule has 128 valence electrons. The SMILES string of the molecule is O=C1Nc2cc(Cl)ccc2C1=Cc1cc(Cl)ccc1Oc1ncccn1. The molecule has 2 heterocycles. The topological polar surface area (TPSA) is 64.1 Å². The average Bonchev–Trinajstić information content (AvgIpc) is 2.93. The predicted molar refractivity (Wildman–Crippen MR) is 102 cm³/mol. The van der Waals surface area contributed by atoms with Crippen molar-refractivity contribution in [3.8, 4) is 11.8 Å². The van der Waals surface area contributed by atoms with Crippen molar-refractivity contribution in [1.82, 2.24) is 9.97 Å². The van der Waals surface area contributed by atoms with E-state index in [1.54, 1.807) is 60.9 Å². The Labute approximate surface area is 159 Å². The van der Waals surface area contributed by atoms with E-state index >= 15 is 0 Å². The second-order valence-electron chi connectivity index (χ2n) is 5.52. The maximum Gasteiger partial charge on any atom is 0.321 e. The smallest absolute Gasteiger partial charge is 0.321 e. The zero-order chi connectivity index (χ0) is 18.1. The van der Waals surface area contributed by atoms with Gasteiger partial charge < -0.3 is 10.1 Å². The first-order valence-electron chi connectivity index (χ1n) is 7.67. The molecule has 2 aromatic carbocycles. The van der Waals surface area contributed by atoms with Gasteiger partial charge >= 0.3 is 6.01 Å². The van der Waals surface area contributed by atoms with Gasteiger partial charge in [-0.25, -0.2) is 9.97 Å². The molecule has 7 heteroatoms. The molecule has 0 saturated heterocycles. The fraction of sp³-hybridized carbons (Fsp3) is 0. The third kappa shape index (κ3) is 3.27. The van der Waals surface area contributed by atoms with E-state index in [-0.39, 0.29) is 11.9 Å². The number of halogens is 2. The number of anilines is 1. The highest BCUT2D eigenvalue weighted by molar-refractivity contribution is 6.37. The molecule has 0 spiro atoms. The van der Waals surface area contributed by atoms with Crippen LogP contribution in [0.4, 0.5) is 5.69 Å². The lowest BCUT2D eigenvalue weighted by Crippen LogP contribution is -2.03. The summed E-state index contributed by atoms with van der Waals surface area (Å²) >= 11 is 12.1. The van der Waals surface area contributed by atoms with Crippen LogP contribution in [0.25, 0.3) is 11.6 Å². The first-order valence-corrected chi connectivity index (χ1v) is 8.43. The summed E-state index contributed by atoms with van der Waals surface area (Å²) < 4.78 is 5.74. The van der Waals surface area contributed by atoms with Crippen LogP contribution in [0.3, 0.4) is 0 Å².